The van der Waals surface area contributed by atoms with E-state index in [-0.39, 0.29) is 17.6 Å². The molecule has 2 N–H and O–H groups in total. The highest BCUT2D eigenvalue weighted by Crippen LogP contribution is 2.31. The molecule has 1 saturated heterocycles. The van der Waals surface area contributed by atoms with Gasteiger partial charge in [-0.1, -0.05) is 12.1 Å². The lowest BCUT2D eigenvalue weighted by molar-refractivity contribution is 0.101. The first-order valence-electron chi connectivity index (χ1n) is 10.4. The van der Waals surface area contributed by atoms with Gasteiger partial charge in [-0.15, -0.1) is 0 Å². The normalized spacial score (nSPS) is 14.3. The van der Waals surface area contributed by atoms with Gasteiger partial charge < -0.3 is 15.4 Å². The summed E-state index contributed by atoms with van der Waals surface area (Å²) < 4.78 is 7.12. The second kappa shape index (κ2) is 9.14. The Labute approximate surface area is 181 Å². The van der Waals surface area contributed by atoms with Crippen LogP contribution in [0, 0.1) is 0 Å². The monoisotopic (exact) mass is 418 g/mol. The maximum Gasteiger partial charge on any atom is 0.259 e. The van der Waals surface area contributed by atoms with Gasteiger partial charge in [-0.3, -0.25) is 9.59 Å². The van der Waals surface area contributed by atoms with Gasteiger partial charge in [0.25, 0.3) is 5.91 Å². The van der Waals surface area contributed by atoms with Crippen molar-refractivity contribution in [3.8, 4) is 11.4 Å². The molecule has 1 aromatic heterocycles. The summed E-state index contributed by atoms with van der Waals surface area (Å²) in [6.07, 6.45) is 3.50. The molecule has 0 atom stereocenters. The molecule has 7 nitrogen and oxygen atoms in total. The molecule has 0 unspecified atom stereocenters. The molecule has 0 radical (unpaired) electrons. The Morgan fingerprint density at radius 3 is 2.55 bits per heavy atom. The van der Waals surface area contributed by atoms with Gasteiger partial charge >= 0.3 is 0 Å². The van der Waals surface area contributed by atoms with E-state index in [4.69, 9.17) is 4.74 Å². The molecule has 0 aliphatic carbocycles. The van der Waals surface area contributed by atoms with Crippen LogP contribution in [0.15, 0.2) is 54.7 Å². The number of carbonyl (C=O) groups excluding carboxylic acids is 2. The highest BCUT2D eigenvalue weighted by atomic mass is 16.5. The van der Waals surface area contributed by atoms with Crippen LogP contribution in [0.3, 0.4) is 0 Å². The van der Waals surface area contributed by atoms with Crippen molar-refractivity contribution in [3.05, 3.63) is 71.5 Å². The predicted molar refractivity (Wildman–Crippen MR) is 119 cm³/mol. The van der Waals surface area contributed by atoms with Gasteiger partial charge in [0.1, 0.15) is 5.75 Å². The van der Waals surface area contributed by atoms with E-state index >= 15 is 0 Å². The lowest BCUT2D eigenvalue weighted by Crippen LogP contribution is -2.29. The molecule has 1 aliphatic heterocycles. The molecule has 31 heavy (non-hydrogen) atoms. The number of nitrogens with zero attached hydrogens (tertiary/aromatic N) is 2. The Balaban J connectivity index is 1.69. The van der Waals surface area contributed by atoms with Crippen molar-refractivity contribution < 1.29 is 14.3 Å². The summed E-state index contributed by atoms with van der Waals surface area (Å²) in [7, 11) is 1.63. The second-order valence-corrected chi connectivity index (χ2v) is 7.67. The van der Waals surface area contributed by atoms with Crippen molar-refractivity contribution in [2.45, 2.75) is 25.7 Å². The first kappa shape index (κ1) is 20.8. The fraction of sp³-hybridized carbons (Fsp3) is 0.292. The maximum absolute atomic E-state index is 13.2. The molecular formula is C24H26N4O3. The average molecular weight is 418 g/mol. The van der Waals surface area contributed by atoms with Crippen molar-refractivity contribution in [3.63, 3.8) is 0 Å². The number of benzene rings is 2. The van der Waals surface area contributed by atoms with Gasteiger partial charge in [-0.25, -0.2) is 4.68 Å². The number of Topliss-reactive ketones (excluding diaryl/α,β-unsaturated/α-hetero) is 1. The number of nitrogens with one attached hydrogen (secondary N) is 2. The van der Waals surface area contributed by atoms with Gasteiger partial charge in [0.2, 0.25) is 0 Å². The van der Waals surface area contributed by atoms with Crippen LogP contribution < -0.4 is 15.4 Å². The number of hydrogen-bond donors (Lipinski definition) is 2. The van der Waals surface area contributed by atoms with E-state index in [9.17, 15) is 9.59 Å². The maximum atomic E-state index is 13.2. The van der Waals surface area contributed by atoms with Gasteiger partial charge in [0.05, 0.1) is 30.3 Å². The predicted octanol–water partition coefficient (Wildman–Crippen LogP) is 3.80. The Kier molecular flexibility index (Phi) is 6.13. The summed E-state index contributed by atoms with van der Waals surface area (Å²) in [6.45, 7) is 3.31. The first-order chi connectivity index (χ1) is 15.1. The Morgan fingerprint density at radius 2 is 1.87 bits per heavy atom. The molecule has 0 bridgehead atoms. The van der Waals surface area contributed by atoms with Crippen LogP contribution >= 0.6 is 0 Å². The summed E-state index contributed by atoms with van der Waals surface area (Å²) in [5.41, 5.74) is 3.49. The lowest BCUT2D eigenvalue weighted by Gasteiger charge is -2.24. The third-order valence-corrected chi connectivity index (χ3v) is 5.62. The molecule has 1 fully saturated rings. The van der Waals surface area contributed by atoms with E-state index < -0.39 is 0 Å². The van der Waals surface area contributed by atoms with Gasteiger partial charge in [-0.05, 0) is 69.3 Å². The zero-order valence-electron chi connectivity index (χ0n) is 17.7. The van der Waals surface area contributed by atoms with E-state index in [0.29, 0.717) is 16.8 Å². The van der Waals surface area contributed by atoms with Crippen molar-refractivity contribution in [1.82, 2.24) is 15.1 Å². The van der Waals surface area contributed by atoms with Crippen LogP contribution in [-0.4, -0.2) is 41.7 Å². The van der Waals surface area contributed by atoms with E-state index in [1.165, 1.54) is 6.92 Å². The van der Waals surface area contributed by atoms with Crippen molar-refractivity contribution >= 4 is 17.4 Å². The molecule has 1 aliphatic rings. The number of piperidine rings is 1. The molecule has 0 saturated carbocycles. The van der Waals surface area contributed by atoms with E-state index in [2.05, 4.69) is 15.7 Å². The van der Waals surface area contributed by atoms with Crippen LogP contribution in [0.5, 0.6) is 5.75 Å². The number of carbonyl (C=O) groups is 2. The minimum atomic E-state index is -0.228. The second-order valence-electron chi connectivity index (χ2n) is 7.67. The highest BCUT2D eigenvalue weighted by molar-refractivity contribution is 6.06. The van der Waals surface area contributed by atoms with Crippen LogP contribution in [0.25, 0.3) is 5.69 Å². The van der Waals surface area contributed by atoms with Crippen LogP contribution in [0.1, 0.15) is 52.1 Å². The van der Waals surface area contributed by atoms with E-state index in [1.54, 1.807) is 37.6 Å². The average Bonchev–Trinajstić information content (AvgIpc) is 3.25. The van der Waals surface area contributed by atoms with Crippen LogP contribution in [-0.2, 0) is 0 Å². The summed E-state index contributed by atoms with van der Waals surface area (Å²) >= 11 is 0. The standard InChI is InChI=1S/C24H26N4O3/c1-16(29)18-4-3-5-19(14-18)27-24(30)22-15-26-28(20-6-8-21(31-2)9-7-20)23(22)17-10-12-25-13-11-17/h3-9,14-15,17,25H,10-13H2,1-2H3,(H,27,30). The van der Waals surface area contributed by atoms with Crippen LogP contribution in [0.2, 0.25) is 0 Å². The summed E-state index contributed by atoms with van der Waals surface area (Å²) in [4.78, 5) is 24.9. The number of anilines is 1. The van der Waals surface area contributed by atoms with Gasteiger partial charge in [0, 0.05) is 17.2 Å². The fourth-order valence-corrected chi connectivity index (χ4v) is 3.96. The molecule has 160 valence electrons. The molecule has 7 heteroatoms. The van der Waals surface area contributed by atoms with Gasteiger partial charge in [-0.2, -0.15) is 5.10 Å². The minimum Gasteiger partial charge on any atom is -0.497 e. The summed E-state index contributed by atoms with van der Waals surface area (Å²) in [5.74, 6) is 0.714. The summed E-state index contributed by atoms with van der Waals surface area (Å²) in [5, 5.41) is 10.9. The number of ether oxygens (including phenoxy) is 1. The smallest absolute Gasteiger partial charge is 0.259 e. The molecule has 0 spiro atoms. The largest absolute Gasteiger partial charge is 0.497 e. The molecular weight excluding hydrogens is 392 g/mol. The quantitative estimate of drug-likeness (QED) is 0.595. The van der Waals surface area contributed by atoms with Gasteiger partial charge in [0.15, 0.2) is 5.78 Å². The Morgan fingerprint density at radius 1 is 1.13 bits per heavy atom. The molecule has 4 rings (SSSR count). The number of rotatable bonds is 6. The zero-order valence-corrected chi connectivity index (χ0v) is 17.7. The third kappa shape index (κ3) is 4.51. The Hall–Kier alpha value is -3.45. The first-order valence-corrected chi connectivity index (χ1v) is 10.4. The van der Waals surface area contributed by atoms with E-state index in [0.717, 1.165) is 43.1 Å². The fourth-order valence-electron chi connectivity index (χ4n) is 3.96. The number of amides is 1. The third-order valence-electron chi connectivity index (χ3n) is 5.62. The number of hydrogen-bond acceptors (Lipinski definition) is 5. The molecule has 1 amide bonds. The lowest BCUT2D eigenvalue weighted by atomic mass is 9.91. The van der Waals surface area contributed by atoms with Crippen LogP contribution in [0.4, 0.5) is 5.69 Å². The molecule has 2 aromatic carbocycles. The zero-order chi connectivity index (χ0) is 21.8. The SMILES string of the molecule is COc1ccc(-n2ncc(C(=O)Nc3cccc(C(C)=O)c3)c2C2CCNCC2)cc1. The molecule has 2 heterocycles. The van der Waals surface area contributed by atoms with E-state index in [1.807, 2.05) is 28.9 Å². The minimum absolute atomic E-state index is 0.0428. The van der Waals surface area contributed by atoms with Crippen molar-refractivity contribution in [2.24, 2.45) is 0 Å². The topological polar surface area (TPSA) is 85.2 Å². The number of methoxy groups -OCH3 is 1. The van der Waals surface area contributed by atoms with Crippen molar-refractivity contribution in [2.75, 3.05) is 25.5 Å². The number of aromatic nitrogens is 2. The Bertz CT molecular complexity index is 1080. The molecule has 3 aromatic rings. The summed E-state index contributed by atoms with van der Waals surface area (Å²) in [6, 6.07) is 14.6. The van der Waals surface area contributed by atoms with Crippen molar-refractivity contribution in [1.29, 1.82) is 0 Å². The number of ketones is 1. The highest BCUT2D eigenvalue weighted by Gasteiger charge is 2.27.